The normalized spacial score (nSPS) is 13.9. The smallest absolute Gasteiger partial charge is 0.224 e. The Morgan fingerprint density at radius 1 is 0.862 bits per heavy atom. The second-order valence-corrected chi connectivity index (χ2v) is 7.23. The molecule has 0 unspecified atom stereocenters. The molecule has 0 aliphatic carbocycles. The van der Waals surface area contributed by atoms with Gasteiger partial charge in [0, 0.05) is 63.0 Å². The number of anilines is 2. The molecule has 0 saturated carbocycles. The van der Waals surface area contributed by atoms with Crippen molar-refractivity contribution in [3.63, 3.8) is 0 Å². The number of rotatable bonds is 6. The standard InChI is InChI=1S/C23H27N3O3/c1-18(27)20-8-10-22(11-9-20)26(19(2)28)13-12-23(29)25-16-14-24(15-17-25)21-6-4-3-5-7-21/h3-11H,12-17H2,1-2H3. The van der Waals surface area contributed by atoms with Gasteiger partial charge in [0.25, 0.3) is 0 Å². The van der Waals surface area contributed by atoms with Crippen molar-refractivity contribution in [2.75, 3.05) is 42.5 Å². The fraction of sp³-hybridized carbons (Fsp3) is 0.348. The van der Waals surface area contributed by atoms with Crippen molar-refractivity contribution in [2.24, 2.45) is 0 Å². The van der Waals surface area contributed by atoms with Crippen LogP contribution in [-0.2, 0) is 9.59 Å². The van der Waals surface area contributed by atoms with Gasteiger partial charge in [-0.3, -0.25) is 14.4 Å². The summed E-state index contributed by atoms with van der Waals surface area (Å²) in [6.45, 7) is 6.29. The van der Waals surface area contributed by atoms with E-state index in [0.29, 0.717) is 30.9 Å². The Labute approximate surface area is 171 Å². The molecule has 6 heteroatoms. The van der Waals surface area contributed by atoms with E-state index in [4.69, 9.17) is 0 Å². The third-order valence-corrected chi connectivity index (χ3v) is 5.27. The lowest BCUT2D eigenvalue weighted by molar-refractivity contribution is -0.131. The first-order chi connectivity index (χ1) is 14.0. The Bertz CT molecular complexity index is 857. The minimum Gasteiger partial charge on any atom is -0.368 e. The molecule has 1 saturated heterocycles. The molecular formula is C23H27N3O3. The number of ketones is 1. The molecule has 29 heavy (non-hydrogen) atoms. The van der Waals surface area contributed by atoms with Crippen LogP contribution in [0, 0.1) is 0 Å². The van der Waals surface area contributed by atoms with E-state index >= 15 is 0 Å². The highest BCUT2D eigenvalue weighted by Gasteiger charge is 2.22. The molecule has 2 amide bonds. The monoisotopic (exact) mass is 393 g/mol. The van der Waals surface area contributed by atoms with E-state index < -0.39 is 0 Å². The van der Waals surface area contributed by atoms with Crippen molar-refractivity contribution in [1.82, 2.24) is 4.90 Å². The topological polar surface area (TPSA) is 60.9 Å². The van der Waals surface area contributed by atoms with Gasteiger partial charge in [0.1, 0.15) is 0 Å². The second-order valence-electron chi connectivity index (χ2n) is 7.23. The fourth-order valence-electron chi connectivity index (χ4n) is 3.56. The minimum absolute atomic E-state index is 0.0178. The highest BCUT2D eigenvalue weighted by atomic mass is 16.2. The average molecular weight is 393 g/mol. The zero-order chi connectivity index (χ0) is 20.8. The lowest BCUT2D eigenvalue weighted by Crippen LogP contribution is -2.49. The molecule has 3 rings (SSSR count). The summed E-state index contributed by atoms with van der Waals surface area (Å²) in [6.07, 6.45) is 0.277. The van der Waals surface area contributed by atoms with Crippen LogP contribution >= 0.6 is 0 Å². The van der Waals surface area contributed by atoms with Gasteiger partial charge in [0.2, 0.25) is 11.8 Å². The quantitative estimate of drug-likeness (QED) is 0.708. The van der Waals surface area contributed by atoms with Crippen LogP contribution < -0.4 is 9.80 Å². The number of piperazine rings is 1. The van der Waals surface area contributed by atoms with E-state index in [-0.39, 0.29) is 24.0 Å². The van der Waals surface area contributed by atoms with E-state index in [1.165, 1.54) is 19.5 Å². The Kier molecular flexibility index (Phi) is 6.65. The van der Waals surface area contributed by atoms with E-state index in [1.54, 1.807) is 29.2 Å². The van der Waals surface area contributed by atoms with E-state index in [2.05, 4.69) is 17.0 Å². The molecular weight excluding hydrogens is 366 g/mol. The zero-order valence-electron chi connectivity index (χ0n) is 17.0. The summed E-state index contributed by atoms with van der Waals surface area (Å²) < 4.78 is 0. The molecule has 6 nitrogen and oxygen atoms in total. The first-order valence-electron chi connectivity index (χ1n) is 9.92. The molecule has 0 aromatic heterocycles. The predicted octanol–water partition coefficient (Wildman–Crippen LogP) is 2.98. The number of carbonyl (C=O) groups excluding carboxylic acids is 3. The van der Waals surface area contributed by atoms with Crippen LogP contribution in [0.2, 0.25) is 0 Å². The number of nitrogens with zero attached hydrogens (tertiary/aromatic N) is 3. The third-order valence-electron chi connectivity index (χ3n) is 5.27. The fourth-order valence-corrected chi connectivity index (χ4v) is 3.56. The van der Waals surface area contributed by atoms with Crippen LogP contribution in [-0.4, -0.2) is 55.2 Å². The molecule has 152 valence electrons. The molecule has 0 spiro atoms. The minimum atomic E-state index is -0.123. The lowest BCUT2D eigenvalue weighted by atomic mass is 10.1. The van der Waals surface area contributed by atoms with Gasteiger partial charge in [0.15, 0.2) is 5.78 Å². The lowest BCUT2D eigenvalue weighted by Gasteiger charge is -2.36. The van der Waals surface area contributed by atoms with E-state index in [9.17, 15) is 14.4 Å². The van der Waals surface area contributed by atoms with Crippen molar-refractivity contribution in [1.29, 1.82) is 0 Å². The number of Topliss-reactive ketones (excluding diaryl/α,β-unsaturated/α-hetero) is 1. The summed E-state index contributed by atoms with van der Waals surface area (Å²) >= 11 is 0. The van der Waals surface area contributed by atoms with Crippen molar-refractivity contribution in [2.45, 2.75) is 20.3 Å². The van der Waals surface area contributed by atoms with Gasteiger partial charge in [-0.2, -0.15) is 0 Å². The van der Waals surface area contributed by atoms with Crippen molar-refractivity contribution >= 4 is 29.0 Å². The van der Waals surface area contributed by atoms with Gasteiger partial charge >= 0.3 is 0 Å². The van der Waals surface area contributed by atoms with Crippen LogP contribution in [0.4, 0.5) is 11.4 Å². The maximum absolute atomic E-state index is 12.7. The average Bonchev–Trinajstić information content (AvgIpc) is 2.74. The number of benzene rings is 2. The number of hydrogen-bond donors (Lipinski definition) is 0. The predicted molar refractivity (Wildman–Crippen MR) is 114 cm³/mol. The molecule has 2 aromatic carbocycles. The van der Waals surface area contributed by atoms with E-state index in [0.717, 1.165) is 13.1 Å². The molecule has 1 fully saturated rings. The maximum atomic E-state index is 12.7. The number of hydrogen-bond acceptors (Lipinski definition) is 4. The van der Waals surface area contributed by atoms with Crippen molar-refractivity contribution in [3.8, 4) is 0 Å². The molecule has 2 aromatic rings. The first kappa shape index (κ1) is 20.6. The molecule has 0 bridgehead atoms. The van der Waals surface area contributed by atoms with Crippen LogP contribution in [0.15, 0.2) is 54.6 Å². The van der Waals surface area contributed by atoms with Gasteiger partial charge in [0.05, 0.1) is 0 Å². The number of carbonyl (C=O) groups is 3. The van der Waals surface area contributed by atoms with Gasteiger partial charge in [-0.15, -0.1) is 0 Å². The first-order valence-corrected chi connectivity index (χ1v) is 9.92. The van der Waals surface area contributed by atoms with Crippen LogP contribution in [0.3, 0.4) is 0 Å². The SMILES string of the molecule is CC(=O)c1ccc(N(CCC(=O)N2CCN(c3ccccc3)CC2)C(C)=O)cc1. The molecule has 0 atom stereocenters. The number of amides is 2. The molecule has 1 heterocycles. The third kappa shape index (κ3) is 5.22. The van der Waals surface area contributed by atoms with Crippen LogP contribution in [0.1, 0.15) is 30.6 Å². The highest BCUT2D eigenvalue weighted by molar-refractivity contribution is 5.96. The summed E-state index contributed by atoms with van der Waals surface area (Å²) in [5, 5.41) is 0. The Morgan fingerprint density at radius 2 is 1.48 bits per heavy atom. The molecule has 0 N–H and O–H groups in total. The van der Waals surface area contributed by atoms with Gasteiger partial charge < -0.3 is 14.7 Å². The molecule has 1 aliphatic heterocycles. The van der Waals surface area contributed by atoms with Crippen LogP contribution in [0.5, 0.6) is 0 Å². The van der Waals surface area contributed by atoms with Gasteiger partial charge in [-0.25, -0.2) is 0 Å². The Morgan fingerprint density at radius 3 is 2.03 bits per heavy atom. The van der Waals surface area contributed by atoms with Gasteiger partial charge in [-0.1, -0.05) is 18.2 Å². The number of para-hydroxylation sites is 1. The summed E-state index contributed by atoms with van der Waals surface area (Å²) in [7, 11) is 0. The summed E-state index contributed by atoms with van der Waals surface area (Å²) in [5.41, 5.74) is 2.48. The highest BCUT2D eigenvalue weighted by Crippen LogP contribution is 2.18. The van der Waals surface area contributed by atoms with Crippen LogP contribution in [0.25, 0.3) is 0 Å². The maximum Gasteiger partial charge on any atom is 0.224 e. The summed E-state index contributed by atoms with van der Waals surface area (Å²) in [4.78, 5) is 41.9. The Balaban J connectivity index is 1.54. The second kappa shape index (κ2) is 9.37. The zero-order valence-corrected chi connectivity index (χ0v) is 17.0. The van der Waals surface area contributed by atoms with E-state index in [1.807, 2.05) is 23.1 Å². The van der Waals surface area contributed by atoms with Gasteiger partial charge in [-0.05, 0) is 43.3 Å². The van der Waals surface area contributed by atoms with Crippen molar-refractivity contribution < 1.29 is 14.4 Å². The summed E-state index contributed by atoms with van der Waals surface area (Å²) in [6, 6.07) is 17.1. The summed E-state index contributed by atoms with van der Waals surface area (Å²) in [5.74, 6) is -0.0812. The Hall–Kier alpha value is -3.15. The molecule has 1 aliphatic rings. The molecule has 0 radical (unpaired) electrons. The largest absolute Gasteiger partial charge is 0.368 e. The van der Waals surface area contributed by atoms with Crippen molar-refractivity contribution in [3.05, 3.63) is 60.2 Å².